The molecule has 3 fully saturated rings. The standard InChI is InChI=1S/C39H46N6O3/c46-37-35(19-27-9-3-1-4-10-27)44(25-29-13-7-15-31(17-29)33-21-40-41-22-33)39(48)45(36(38(37)47)20-28-11-5-2-6-12-28)26-30-14-8-16-32(18-30)34-23-42-43-24-34/h1-18,33-38,40-43,46-47H,19-26H2. The van der Waals surface area contributed by atoms with E-state index in [0.717, 1.165) is 48.4 Å². The van der Waals surface area contributed by atoms with E-state index in [4.69, 9.17) is 0 Å². The molecule has 250 valence electrons. The highest BCUT2D eigenvalue weighted by molar-refractivity contribution is 5.76. The first-order valence-corrected chi connectivity index (χ1v) is 17.1. The minimum atomic E-state index is -1.17. The molecule has 48 heavy (non-hydrogen) atoms. The van der Waals surface area contributed by atoms with Gasteiger partial charge in [-0.1, -0.05) is 109 Å². The van der Waals surface area contributed by atoms with Crippen LogP contribution in [0.4, 0.5) is 4.79 Å². The fourth-order valence-electron chi connectivity index (χ4n) is 7.50. The molecule has 6 N–H and O–H groups in total. The Morgan fingerprint density at radius 1 is 0.521 bits per heavy atom. The van der Waals surface area contributed by atoms with Gasteiger partial charge in [0.1, 0.15) is 12.2 Å². The van der Waals surface area contributed by atoms with Crippen molar-refractivity contribution in [2.24, 2.45) is 0 Å². The van der Waals surface area contributed by atoms with E-state index in [-0.39, 0.29) is 6.03 Å². The van der Waals surface area contributed by atoms with Crippen LogP contribution in [0.1, 0.15) is 45.2 Å². The zero-order chi connectivity index (χ0) is 32.9. The van der Waals surface area contributed by atoms with Gasteiger partial charge in [0.25, 0.3) is 0 Å². The number of amides is 2. The predicted molar refractivity (Wildman–Crippen MR) is 187 cm³/mol. The van der Waals surface area contributed by atoms with E-state index in [1.54, 1.807) is 0 Å². The van der Waals surface area contributed by atoms with Crippen LogP contribution in [0.5, 0.6) is 0 Å². The van der Waals surface area contributed by atoms with Crippen LogP contribution < -0.4 is 21.7 Å². The lowest BCUT2D eigenvalue weighted by Crippen LogP contribution is -2.50. The third-order valence-electron chi connectivity index (χ3n) is 10.2. The number of nitrogens with one attached hydrogen (secondary N) is 4. The molecule has 0 radical (unpaired) electrons. The van der Waals surface area contributed by atoms with Crippen molar-refractivity contribution in [2.75, 3.05) is 26.2 Å². The minimum Gasteiger partial charge on any atom is -0.388 e. The van der Waals surface area contributed by atoms with E-state index in [2.05, 4.69) is 70.2 Å². The third-order valence-corrected chi connectivity index (χ3v) is 10.2. The molecule has 3 heterocycles. The van der Waals surface area contributed by atoms with Gasteiger partial charge < -0.3 is 20.0 Å². The summed E-state index contributed by atoms with van der Waals surface area (Å²) in [5, 5.41) is 24.2. The number of aliphatic hydroxyl groups is 2. The summed E-state index contributed by atoms with van der Waals surface area (Å²) >= 11 is 0. The highest BCUT2D eigenvalue weighted by Crippen LogP contribution is 2.31. The van der Waals surface area contributed by atoms with E-state index >= 15 is 4.79 Å². The molecule has 0 aromatic heterocycles. The van der Waals surface area contributed by atoms with E-state index in [9.17, 15) is 10.2 Å². The zero-order valence-electron chi connectivity index (χ0n) is 27.2. The summed E-state index contributed by atoms with van der Waals surface area (Å²) in [5.41, 5.74) is 19.3. The van der Waals surface area contributed by atoms with Gasteiger partial charge in [0.2, 0.25) is 0 Å². The summed E-state index contributed by atoms with van der Waals surface area (Å²) in [6.45, 7) is 4.00. The molecule has 4 atom stereocenters. The smallest absolute Gasteiger partial charge is 0.321 e. The van der Waals surface area contributed by atoms with Crippen molar-refractivity contribution in [2.45, 2.75) is 62.1 Å². The lowest BCUT2D eigenvalue weighted by atomic mass is 9.90. The van der Waals surface area contributed by atoms with Crippen LogP contribution in [-0.4, -0.2) is 76.5 Å². The molecular formula is C39H46N6O3. The van der Waals surface area contributed by atoms with Crippen molar-refractivity contribution < 1.29 is 15.0 Å². The number of carbonyl (C=O) groups is 1. The van der Waals surface area contributed by atoms with Crippen molar-refractivity contribution >= 4 is 6.03 Å². The first kappa shape index (κ1) is 32.5. The molecule has 9 nitrogen and oxygen atoms in total. The number of aliphatic hydroxyl groups excluding tert-OH is 2. The summed E-state index contributed by atoms with van der Waals surface area (Å²) in [6, 6.07) is 35.3. The normalized spacial score (nSPS) is 23.9. The highest BCUT2D eigenvalue weighted by atomic mass is 16.3. The molecule has 0 bridgehead atoms. The monoisotopic (exact) mass is 646 g/mol. The van der Waals surface area contributed by atoms with Gasteiger partial charge in [-0.05, 0) is 46.2 Å². The maximum absolute atomic E-state index is 15.1. The number of urea groups is 1. The maximum Gasteiger partial charge on any atom is 0.321 e. The van der Waals surface area contributed by atoms with E-state index in [1.807, 2.05) is 70.5 Å². The molecule has 4 unspecified atom stereocenters. The lowest BCUT2D eigenvalue weighted by molar-refractivity contribution is -0.0408. The Labute approximate surface area is 282 Å². The highest BCUT2D eigenvalue weighted by Gasteiger charge is 2.46. The van der Waals surface area contributed by atoms with Crippen LogP contribution in [-0.2, 0) is 25.9 Å². The minimum absolute atomic E-state index is 0.184. The molecule has 3 aliphatic rings. The molecule has 7 rings (SSSR count). The van der Waals surface area contributed by atoms with Gasteiger partial charge in [-0.25, -0.2) is 4.79 Å². The zero-order valence-corrected chi connectivity index (χ0v) is 27.2. The molecule has 3 saturated heterocycles. The summed E-state index contributed by atoms with van der Waals surface area (Å²) < 4.78 is 0. The molecule has 0 aliphatic carbocycles. The fraction of sp³-hybridized carbons (Fsp3) is 0.359. The SMILES string of the molecule is O=C1N(Cc2cccc(C3CNNC3)c2)C(Cc2ccccc2)C(O)C(O)C(Cc2ccccc2)N1Cc1cccc(C2CNNC2)c1. The molecule has 4 aromatic carbocycles. The number of carbonyl (C=O) groups excluding carboxylic acids is 1. The first-order chi connectivity index (χ1) is 23.5. The van der Waals surface area contributed by atoms with Gasteiger partial charge in [-0.2, -0.15) is 0 Å². The van der Waals surface area contributed by atoms with Gasteiger partial charge in [0.15, 0.2) is 0 Å². The van der Waals surface area contributed by atoms with E-state index in [1.165, 1.54) is 11.1 Å². The average Bonchev–Trinajstić information content (AvgIpc) is 3.87. The van der Waals surface area contributed by atoms with Gasteiger partial charge >= 0.3 is 6.03 Å². The van der Waals surface area contributed by atoms with Crippen LogP contribution in [0.3, 0.4) is 0 Å². The van der Waals surface area contributed by atoms with Crippen LogP contribution in [0.2, 0.25) is 0 Å². The van der Waals surface area contributed by atoms with Crippen molar-refractivity contribution in [3.05, 3.63) is 143 Å². The Balaban J connectivity index is 1.28. The topological polar surface area (TPSA) is 112 Å². The second-order valence-electron chi connectivity index (χ2n) is 13.4. The fourth-order valence-corrected chi connectivity index (χ4v) is 7.50. The first-order valence-electron chi connectivity index (χ1n) is 17.1. The van der Waals surface area contributed by atoms with Crippen molar-refractivity contribution in [3.63, 3.8) is 0 Å². The molecule has 0 spiro atoms. The van der Waals surface area contributed by atoms with Crippen molar-refractivity contribution in [3.8, 4) is 0 Å². The number of hydrazine groups is 2. The van der Waals surface area contributed by atoms with Crippen molar-refractivity contribution in [1.82, 2.24) is 31.5 Å². The summed E-state index contributed by atoms with van der Waals surface area (Å²) in [7, 11) is 0. The molecule has 0 saturated carbocycles. The molecule has 2 amide bonds. The Kier molecular flexibility index (Phi) is 10.1. The largest absolute Gasteiger partial charge is 0.388 e. The number of hydrogen-bond acceptors (Lipinski definition) is 7. The van der Waals surface area contributed by atoms with Crippen molar-refractivity contribution in [1.29, 1.82) is 0 Å². The molecular weight excluding hydrogens is 600 g/mol. The average molecular weight is 647 g/mol. The molecule has 9 heteroatoms. The number of hydrogen-bond donors (Lipinski definition) is 6. The maximum atomic E-state index is 15.1. The Morgan fingerprint density at radius 3 is 1.29 bits per heavy atom. The van der Waals surface area contributed by atoms with Gasteiger partial charge in [0.05, 0.1) is 12.1 Å². The van der Waals surface area contributed by atoms with Crippen LogP contribution in [0.15, 0.2) is 109 Å². The number of benzene rings is 4. The Bertz CT molecular complexity index is 1520. The van der Waals surface area contributed by atoms with Crippen LogP contribution >= 0.6 is 0 Å². The van der Waals surface area contributed by atoms with Crippen LogP contribution in [0, 0.1) is 0 Å². The summed E-state index contributed by atoms with van der Waals surface area (Å²) in [6.07, 6.45) is -1.49. The Morgan fingerprint density at radius 2 is 0.896 bits per heavy atom. The number of rotatable bonds is 10. The van der Waals surface area contributed by atoms with Gasteiger partial charge in [0, 0.05) is 51.1 Å². The third kappa shape index (κ3) is 7.32. The second-order valence-corrected chi connectivity index (χ2v) is 13.4. The lowest BCUT2D eigenvalue weighted by Gasteiger charge is -2.36. The Hall–Kier alpha value is -4.09. The quantitative estimate of drug-likeness (QED) is 0.157. The summed E-state index contributed by atoms with van der Waals surface area (Å²) in [5.74, 6) is 0.670. The second kappa shape index (κ2) is 15.0. The molecule has 4 aromatic rings. The predicted octanol–water partition coefficient (Wildman–Crippen LogP) is 3.45. The van der Waals surface area contributed by atoms with Gasteiger partial charge in [-0.15, -0.1) is 0 Å². The number of nitrogens with zero attached hydrogens (tertiary/aromatic N) is 2. The molecule has 3 aliphatic heterocycles. The van der Waals surface area contributed by atoms with E-state index in [0.29, 0.717) is 37.8 Å². The van der Waals surface area contributed by atoms with E-state index < -0.39 is 24.3 Å². The van der Waals surface area contributed by atoms with Gasteiger partial charge in [-0.3, -0.25) is 21.7 Å². The summed E-state index contributed by atoms with van der Waals surface area (Å²) in [4.78, 5) is 18.7. The van der Waals surface area contributed by atoms with Crippen LogP contribution in [0.25, 0.3) is 0 Å².